The minimum Gasteiger partial charge on any atom is -0.351 e. The van der Waals surface area contributed by atoms with Gasteiger partial charge in [-0.15, -0.1) is 0 Å². The fourth-order valence-corrected chi connectivity index (χ4v) is 4.73. The van der Waals surface area contributed by atoms with Gasteiger partial charge in [0.2, 0.25) is 0 Å². The fourth-order valence-electron chi connectivity index (χ4n) is 4.73. The molecule has 0 bridgehead atoms. The molecular formula is C24H27N3. The van der Waals surface area contributed by atoms with Gasteiger partial charge >= 0.3 is 0 Å². The van der Waals surface area contributed by atoms with Crippen molar-refractivity contribution in [3.8, 4) is 0 Å². The molecule has 0 aliphatic rings. The first kappa shape index (κ1) is 16.5. The highest BCUT2D eigenvalue weighted by Crippen LogP contribution is 2.35. The Hall–Kier alpha value is -2.68. The monoisotopic (exact) mass is 357 g/mol. The van der Waals surface area contributed by atoms with E-state index < -0.39 is 0 Å². The molecule has 0 aliphatic heterocycles. The maximum atomic E-state index is 3.67. The number of aromatic amines is 3. The van der Waals surface area contributed by atoms with Crippen LogP contribution in [-0.4, -0.2) is 15.0 Å². The summed E-state index contributed by atoms with van der Waals surface area (Å²) in [7, 11) is 0. The molecule has 0 spiro atoms. The van der Waals surface area contributed by atoms with Crippen molar-refractivity contribution in [1.82, 2.24) is 15.0 Å². The van der Waals surface area contributed by atoms with E-state index in [0.29, 0.717) is 5.92 Å². The molecular weight excluding hydrogens is 330 g/mol. The molecule has 1 atom stereocenters. The van der Waals surface area contributed by atoms with Gasteiger partial charge in [-0.1, -0.05) is 45.0 Å². The van der Waals surface area contributed by atoms with E-state index in [4.69, 9.17) is 0 Å². The van der Waals surface area contributed by atoms with Crippen LogP contribution in [0.3, 0.4) is 0 Å². The molecule has 0 aliphatic carbocycles. The molecule has 0 fully saturated rings. The van der Waals surface area contributed by atoms with E-state index in [-0.39, 0.29) is 0 Å². The van der Waals surface area contributed by atoms with Crippen molar-refractivity contribution < 1.29 is 0 Å². The minimum atomic E-state index is 0.714. The predicted octanol–water partition coefficient (Wildman–Crippen LogP) is 6.82. The second-order valence-corrected chi connectivity index (χ2v) is 8.74. The normalized spacial score (nSPS) is 13.7. The van der Waals surface area contributed by atoms with Crippen LogP contribution < -0.4 is 0 Å². The average Bonchev–Trinajstić information content (AvgIpc) is 3.21. The number of hydrogen-bond acceptors (Lipinski definition) is 0. The van der Waals surface area contributed by atoms with E-state index in [0.717, 1.165) is 12.3 Å². The van der Waals surface area contributed by atoms with Crippen LogP contribution in [0.5, 0.6) is 0 Å². The SMILES string of the molecule is Cc1ccc2c(c1)[nH]c1c2[nH]c2c3ccc(CC(C)CC(C)C)cc3[nH]c21. The van der Waals surface area contributed by atoms with E-state index in [2.05, 4.69) is 79.0 Å². The van der Waals surface area contributed by atoms with Gasteiger partial charge in [0.25, 0.3) is 0 Å². The molecule has 5 aromatic rings. The van der Waals surface area contributed by atoms with Gasteiger partial charge in [0.1, 0.15) is 0 Å². The summed E-state index contributed by atoms with van der Waals surface area (Å²) in [4.78, 5) is 10.9. The molecule has 2 aromatic carbocycles. The first-order valence-electron chi connectivity index (χ1n) is 10.0. The lowest BCUT2D eigenvalue weighted by Crippen LogP contribution is -2.03. The molecule has 0 amide bonds. The van der Waals surface area contributed by atoms with E-state index in [1.165, 1.54) is 61.4 Å². The summed E-state index contributed by atoms with van der Waals surface area (Å²) in [5, 5.41) is 2.53. The number of aromatic nitrogens is 3. The second kappa shape index (κ2) is 5.91. The lowest BCUT2D eigenvalue weighted by molar-refractivity contribution is 0.437. The molecule has 27 heavy (non-hydrogen) atoms. The Labute approximate surface area is 159 Å². The summed E-state index contributed by atoms with van der Waals surface area (Å²) in [6.07, 6.45) is 2.42. The summed E-state index contributed by atoms with van der Waals surface area (Å²) < 4.78 is 0. The van der Waals surface area contributed by atoms with Gasteiger partial charge in [-0.3, -0.25) is 0 Å². The van der Waals surface area contributed by atoms with Gasteiger partial charge < -0.3 is 15.0 Å². The highest BCUT2D eigenvalue weighted by atomic mass is 14.9. The van der Waals surface area contributed by atoms with E-state index in [1.54, 1.807) is 0 Å². The Morgan fingerprint density at radius 1 is 0.741 bits per heavy atom. The van der Waals surface area contributed by atoms with Crippen molar-refractivity contribution in [1.29, 1.82) is 0 Å². The molecule has 3 heteroatoms. The summed E-state index contributed by atoms with van der Waals surface area (Å²) in [5.74, 6) is 1.47. The lowest BCUT2D eigenvalue weighted by Gasteiger charge is -2.13. The minimum absolute atomic E-state index is 0.714. The number of fused-ring (bicyclic) bond motifs is 7. The highest BCUT2D eigenvalue weighted by Gasteiger charge is 2.15. The van der Waals surface area contributed by atoms with Crippen LogP contribution in [0.1, 0.15) is 38.3 Å². The highest BCUT2D eigenvalue weighted by molar-refractivity contribution is 6.21. The number of rotatable bonds is 4. The average molecular weight is 358 g/mol. The van der Waals surface area contributed by atoms with Crippen molar-refractivity contribution in [2.75, 3.05) is 0 Å². The number of nitrogens with one attached hydrogen (secondary N) is 3. The van der Waals surface area contributed by atoms with Gasteiger partial charge in [-0.2, -0.15) is 0 Å². The first-order chi connectivity index (χ1) is 13.0. The third-order valence-corrected chi connectivity index (χ3v) is 5.78. The molecule has 0 saturated heterocycles. The molecule has 3 N–H and O–H groups in total. The number of benzene rings is 2. The van der Waals surface area contributed by atoms with E-state index in [9.17, 15) is 0 Å². The quantitative estimate of drug-likeness (QED) is 0.316. The van der Waals surface area contributed by atoms with Crippen LogP contribution in [0.15, 0.2) is 36.4 Å². The first-order valence-corrected chi connectivity index (χ1v) is 10.0. The zero-order chi connectivity index (χ0) is 18.7. The molecule has 3 heterocycles. The van der Waals surface area contributed by atoms with Crippen LogP contribution in [0, 0.1) is 18.8 Å². The molecule has 1 unspecified atom stereocenters. The largest absolute Gasteiger partial charge is 0.351 e. The van der Waals surface area contributed by atoms with Gasteiger partial charge in [0.05, 0.1) is 22.1 Å². The standard InChI is InChI=1S/C24H27N3/c1-13(2)9-15(4)10-16-6-8-18-20(12-16)26-24-22(18)27-21-17-7-5-14(3)11-19(17)25-23(21)24/h5-8,11-13,15,25-27H,9-10H2,1-4H3. The maximum absolute atomic E-state index is 3.67. The van der Waals surface area contributed by atoms with Gasteiger partial charge in [0, 0.05) is 21.8 Å². The Bertz CT molecular complexity index is 1280. The molecule has 138 valence electrons. The van der Waals surface area contributed by atoms with Crippen molar-refractivity contribution in [3.05, 3.63) is 47.5 Å². The van der Waals surface area contributed by atoms with Crippen molar-refractivity contribution in [2.45, 2.75) is 40.5 Å². The molecule has 3 nitrogen and oxygen atoms in total. The topological polar surface area (TPSA) is 47.4 Å². The van der Waals surface area contributed by atoms with E-state index in [1.807, 2.05) is 0 Å². The summed E-state index contributed by atoms with van der Waals surface area (Å²) in [6.45, 7) is 9.11. The van der Waals surface area contributed by atoms with Crippen LogP contribution in [0.2, 0.25) is 0 Å². The third kappa shape index (κ3) is 2.64. The van der Waals surface area contributed by atoms with Crippen molar-refractivity contribution in [2.24, 2.45) is 11.8 Å². The van der Waals surface area contributed by atoms with Crippen LogP contribution in [-0.2, 0) is 6.42 Å². The zero-order valence-electron chi connectivity index (χ0n) is 16.5. The Morgan fingerprint density at radius 2 is 1.37 bits per heavy atom. The van der Waals surface area contributed by atoms with Crippen LogP contribution >= 0.6 is 0 Å². The van der Waals surface area contributed by atoms with Gasteiger partial charge in [-0.25, -0.2) is 0 Å². The smallest absolute Gasteiger partial charge is 0.0891 e. The van der Waals surface area contributed by atoms with Crippen molar-refractivity contribution in [3.63, 3.8) is 0 Å². The third-order valence-electron chi connectivity index (χ3n) is 5.78. The summed E-state index contributed by atoms with van der Waals surface area (Å²) >= 11 is 0. The van der Waals surface area contributed by atoms with Gasteiger partial charge in [-0.05, 0) is 54.9 Å². The predicted molar refractivity (Wildman–Crippen MR) is 117 cm³/mol. The van der Waals surface area contributed by atoms with Crippen molar-refractivity contribution >= 4 is 43.9 Å². The Morgan fingerprint density at radius 3 is 2.04 bits per heavy atom. The molecule has 5 rings (SSSR count). The molecule has 0 radical (unpaired) electrons. The summed E-state index contributed by atoms with van der Waals surface area (Å²) in [6, 6.07) is 13.5. The second-order valence-electron chi connectivity index (χ2n) is 8.74. The number of aryl methyl sites for hydroxylation is 1. The van der Waals surface area contributed by atoms with Gasteiger partial charge in [0.15, 0.2) is 0 Å². The molecule has 3 aromatic heterocycles. The number of hydrogen-bond donors (Lipinski definition) is 3. The van der Waals surface area contributed by atoms with Crippen LogP contribution in [0.25, 0.3) is 43.9 Å². The Kier molecular flexibility index (Phi) is 3.61. The zero-order valence-corrected chi connectivity index (χ0v) is 16.5. The molecule has 0 saturated carbocycles. The summed E-state index contributed by atoms with van der Waals surface area (Å²) in [5.41, 5.74) is 9.88. The van der Waals surface area contributed by atoms with Crippen LogP contribution in [0.4, 0.5) is 0 Å². The fraction of sp³-hybridized carbons (Fsp3) is 0.333. The Balaban J connectivity index is 1.62. The lowest BCUT2D eigenvalue weighted by atomic mass is 9.92. The number of H-pyrrole nitrogens is 3. The van der Waals surface area contributed by atoms with E-state index >= 15 is 0 Å². The maximum Gasteiger partial charge on any atom is 0.0891 e.